The minimum absolute atomic E-state index is 0. The van der Waals surface area contributed by atoms with Crippen molar-refractivity contribution < 1.29 is 4.79 Å². The molecule has 4 N–H and O–H groups in total. The van der Waals surface area contributed by atoms with Gasteiger partial charge < -0.3 is 16.0 Å². The topological polar surface area (TPSA) is 83.8 Å². The Morgan fingerprint density at radius 2 is 2.21 bits per heavy atom. The standard InChI is InChI=1S/C13H18N4O.ClH/c1-2-5-9(14)13(18)15-8-12-16-10-6-3-4-7-11(10)17-12;/h3-4,6-7,9H,2,5,8,14H2,1H3,(H,15,18)(H,16,17);1H. The SMILES string of the molecule is CCCC(N)C(=O)NCc1nc2ccccc2[nH]1.Cl. The normalized spacial score (nSPS) is 11.9. The number of nitrogens with one attached hydrogen (secondary N) is 2. The van der Waals surface area contributed by atoms with Gasteiger partial charge in [-0.2, -0.15) is 0 Å². The lowest BCUT2D eigenvalue weighted by Crippen LogP contribution is -2.40. The van der Waals surface area contributed by atoms with E-state index < -0.39 is 6.04 Å². The molecular weight excluding hydrogens is 264 g/mol. The summed E-state index contributed by atoms with van der Waals surface area (Å²) in [6.45, 7) is 2.39. The van der Waals surface area contributed by atoms with Crippen LogP contribution in [0.25, 0.3) is 11.0 Å². The maximum absolute atomic E-state index is 11.6. The molecule has 0 spiro atoms. The van der Waals surface area contributed by atoms with Crippen molar-refractivity contribution in [3.05, 3.63) is 30.1 Å². The molecule has 0 aliphatic rings. The Kier molecular flexibility index (Phi) is 5.79. The number of aromatic nitrogens is 2. The van der Waals surface area contributed by atoms with Gasteiger partial charge >= 0.3 is 0 Å². The van der Waals surface area contributed by atoms with Gasteiger partial charge in [0.25, 0.3) is 0 Å². The zero-order valence-electron chi connectivity index (χ0n) is 10.8. The Balaban J connectivity index is 0.00000180. The van der Waals surface area contributed by atoms with Crippen molar-refractivity contribution in [3.63, 3.8) is 0 Å². The fourth-order valence-electron chi connectivity index (χ4n) is 1.83. The second kappa shape index (κ2) is 7.11. The number of amides is 1. The first kappa shape index (κ1) is 15.5. The van der Waals surface area contributed by atoms with Crippen LogP contribution in [0.2, 0.25) is 0 Å². The number of para-hydroxylation sites is 2. The Morgan fingerprint density at radius 3 is 2.89 bits per heavy atom. The van der Waals surface area contributed by atoms with Gasteiger partial charge in [0.1, 0.15) is 5.82 Å². The largest absolute Gasteiger partial charge is 0.348 e. The highest BCUT2D eigenvalue weighted by Crippen LogP contribution is 2.09. The number of hydrogen-bond donors (Lipinski definition) is 3. The minimum Gasteiger partial charge on any atom is -0.348 e. The van der Waals surface area contributed by atoms with Gasteiger partial charge in [0, 0.05) is 0 Å². The highest BCUT2D eigenvalue weighted by atomic mass is 35.5. The first-order valence-corrected chi connectivity index (χ1v) is 6.17. The van der Waals surface area contributed by atoms with Gasteiger partial charge in [-0.1, -0.05) is 25.5 Å². The van der Waals surface area contributed by atoms with Crippen LogP contribution < -0.4 is 11.1 Å². The van der Waals surface area contributed by atoms with E-state index in [4.69, 9.17) is 5.73 Å². The molecule has 5 nitrogen and oxygen atoms in total. The number of imidazole rings is 1. The lowest BCUT2D eigenvalue weighted by molar-refractivity contribution is -0.122. The van der Waals surface area contributed by atoms with E-state index >= 15 is 0 Å². The molecule has 6 heteroatoms. The van der Waals surface area contributed by atoms with E-state index in [2.05, 4.69) is 15.3 Å². The van der Waals surface area contributed by atoms with E-state index in [1.54, 1.807) is 0 Å². The maximum Gasteiger partial charge on any atom is 0.237 e. The molecule has 104 valence electrons. The number of H-pyrrole nitrogens is 1. The number of hydrogen-bond acceptors (Lipinski definition) is 3. The molecule has 2 rings (SSSR count). The molecule has 1 heterocycles. The molecule has 1 aromatic heterocycles. The summed E-state index contributed by atoms with van der Waals surface area (Å²) in [6.07, 6.45) is 1.60. The lowest BCUT2D eigenvalue weighted by Gasteiger charge is -2.09. The number of nitrogens with two attached hydrogens (primary N) is 1. The molecule has 0 saturated heterocycles. The smallest absolute Gasteiger partial charge is 0.237 e. The zero-order chi connectivity index (χ0) is 13.0. The summed E-state index contributed by atoms with van der Waals surface area (Å²) >= 11 is 0. The molecule has 1 amide bonds. The fraction of sp³-hybridized carbons (Fsp3) is 0.385. The minimum atomic E-state index is -0.431. The van der Waals surface area contributed by atoms with E-state index in [1.165, 1.54) is 0 Å². The second-order valence-corrected chi connectivity index (χ2v) is 4.31. The summed E-state index contributed by atoms with van der Waals surface area (Å²) < 4.78 is 0. The van der Waals surface area contributed by atoms with Crippen LogP contribution in [-0.2, 0) is 11.3 Å². The van der Waals surface area contributed by atoms with E-state index in [-0.39, 0.29) is 18.3 Å². The predicted molar refractivity (Wildman–Crippen MR) is 78.1 cm³/mol. The van der Waals surface area contributed by atoms with Gasteiger partial charge in [-0.3, -0.25) is 4.79 Å². The quantitative estimate of drug-likeness (QED) is 0.781. The van der Waals surface area contributed by atoms with Crippen molar-refractivity contribution in [2.75, 3.05) is 0 Å². The summed E-state index contributed by atoms with van der Waals surface area (Å²) in [5.74, 6) is 0.616. The summed E-state index contributed by atoms with van der Waals surface area (Å²) in [4.78, 5) is 19.2. The Hall–Kier alpha value is -1.59. The van der Waals surface area contributed by atoms with Crippen LogP contribution in [0.5, 0.6) is 0 Å². The molecular formula is C13H19ClN4O. The number of carbonyl (C=O) groups excluding carboxylic acids is 1. The third kappa shape index (κ3) is 3.94. The van der Waals surface area contributed by atoms with Gasteiger partial charge in [0.15, 0.2) is 0 Å². The highest BCUT2D eigenvalue weighted by molar-refractivity contribution is 5.85. The molecule has 0 fully saturated rings. The number of halogens is 1. The fourth-order valence-corrected chi connectivity index (χ4v) is 1.83. The third-order valence-electron chi connectivity index (χ3n) is 2.80. The molecule has 0 radical (unpaired) electrons. The molecule has 2 aromatic rings. The van der Waals surface area contributed by atoms with Crippen molar-refractivity contribution in [2.45, 2.75) is 32.4 Å². The Labute approximate surface area is 118 Å². The molecule has 1 unspecified atom stereocenters. The van der Waals surface area contributed by atoms with Crippen LogP contribution in [0.15, 0.2) is 24.3 Å². The lowest BCUT2D eigenvalue weighted by atomic mass is 10.2. The van der Waals surface area contributed by atoms with Crippen LogP contribution in [0, 0.1) is 0 Å². The Bertz CT molecular complexity index is 507. The zero-order valence-corrected chi connectivity index (χ0v) is 11.7. The summed E-state index contributed by atoms with van der Waals surface area (Å²) in [6, 6.07) is 7.33. The molecule has 0 bridgehead atoms. The van der Waals surface area contributed by atoms with Gasteiger partial charge in [-0.15, -0.1) is 12.4 Å². The predicted octanol–water partition coefficient (Wildman–Crippen LogP) is 1.73. The van der Waals surface area contributed by atoms with Crippen molar-refractivity contribution in [3.8, 4) is 0 Å². The second-order valence-electron chi connectivity index (χ2n) is 4.31. The van der Waals surface area contributed by atoms with Gasteiger partial charge in [0.05, 0.1) is 23.6 Å². The monoisotopic (exact) mass is 282 g/mol. The summed E-state index contributed by atoms with van der Waals surface area (Å²) in [5, 5.41) is 2.79. The molecule has 0 aliphatic carbocycles. The molecule has 1 aromatic carbocycles. The van der Waals surface area contributed by atoms with Crippen molar-refractivity contribution in [1.29, 1.82) is 0 Å². The first-order chi connectivity index (χ1) is 8.70. The number of carbonyl (C=O) groups is 1. The van der Waals surface area contributed by atoms with Crippen LogP contribution >= 0.6 is 12.4 Å². The van der Waals surface area contributed by atoms with Gasteiger partial charge in [0.2, 0.25) is 5.91 Å². The molecule has 1 atom stereocenters. The van der Waals surface area contributed by atoms with E-state index in [9.17, 15) is 4.79 Å². The summed E-state index contributed by atoms with van der Waals surface area (Å²) in [5.41, 5.74) is 7.60. The third-order valence-corrected chi connectivity index (χ3v) is 2.80. The maximum atomic E-state index is 11.6. The molecule has 0 aliphatic heterocycles. The summed E-state index contributed by atoms with van der Waals surface area (Å²) in [7, 11) is 0. The number of aromatic amines is 1. The highest BCUT2D eigenvalue weighted by Gasteiger charge is 2.12. The number of benzene rings is 1. The van der Waals surface area contributed by atoms with E-state index in [1.807, 2.05) is 31.2 Å². The number of fused-ring (bicyclic) bond motifs is 1. The van der Waals surface area contributed by atoms with Crippen LogP contribution in [0.3, 0.4) is 0 Å². The molecule has 0 saturated carbocycles. The van der Waals surface area contributed by atoms with Crippen molar-refractivity contribution in [2.24, 2.45) is 5.73 Å². The average Bonchev–Trinajstić information content (AvgIpc) is 2.78. The van der Waals surface area contributed by atoms with Crippen molar-refractivity contribution in [1.82, 2.24) is 15.3 Å². The number of nitrogens with zero attached hydrogens (tertiary/aromatic N) is 1. The van der Waals surface area contributed by atoms with Crippen LogP contribution in [0.1, 0.15) is 25.6 Å². The average molecular weight is 283 g/mol. The number of rotatable bonds is 5. The first-order valence-electron chi connectivity index (χ1n) is 6.17. The van der Waals surface area contributed by atoms with Crippen LogP contribution in [-0.4, -0.2) is 21.9 Å². The van der Waals surface area contributed by atoms with Crippen LogP contribution in [0.4, 0.5) is 0 Å². The van der Waals surface area contributed by atoms with Gasteiger partial charge in [-0.05, 0) is 18.6 Å². The van der Waals surface area contributed by atoms with Crippen molar-refractivity contribution >= 4 is 29.3 Å². The van der Waals surface area contributed by atoms with E-state index in [0.29, 0.717) is 13.0 Å². The molecule has 19 heavy (non-hydrogen) atoms. The Morgan fingerprint density at radius 1 is 1.47 bits per heavy atom. The van der Waals surface area contributed by atoms with E-state index in [0.717, 1.165) is 23.3 Å². The van der Waals surface area contributed by atoms with Gasteiger partial charge in [-0.25, -0.2) is 4.98 Å².